The summed E-state index contributed by atoms with van der Waals surface area (Å²) in [4.78, 5) is 44.1. The molecule has 0 fully saturated rings. The molecule has 57 heavy (non-hydrogen) atoms. The fourth-order valence-corrected chi connectivity index (χ4v) is 8.08. The molecule has 10 N–H and O–H groups in total. The van der Waals surface area contributed by atoms with Crippen molar-refractivity contribution in [1.82, 2.24) is 0 Å². The van der Waals surface area contributed by atoms with Crippen molar-refractivity contribution in [3.8, 4) is 23.0 Å². The highest BCUT2D eigenvalue weighted by Gasteiger charge is 2.50. The number of anilines is 1. The molecule has 17 heteroatoms. The number of nitrogens with one attached hydrogen (secondary N) is 1. The monoisotopic (exact) mass is 814 g/mol. The zero-order valence-corrected chi connectivity index (χ0v) is 34.3. The average Bonchev–Trinajstić information content (AvgIpc) is 3.42. The molecule has 312 valence electrons. The van der Waals surface area contributed by atoms with E-state index in [2.05, 4.69) is 10.3 Å². The molecule has 2 aromatic carbocycles. The minimum atomic E-state index is -2.05. The number of nitrogens with two attached hydrogens (primary N) is 2. The number of guanidine groups is 1. The Morgan fingerprint density at radius 2 is 1.65 bits per heavy atom. The van der Waals surface area contributed by atoms with Crippen molar-refractivity contribution in [3.05, 3.63) is 47.3 Å². The van der Waals surface area contributed by atoms with Crippen molar-refractivity contribution < 1.29 is 58.9 Å². The largest absolute Gasteiger partial charge is 0.507 e. The lowest BCUT2D eigenvalue weighted by Gasteiger charge is -2.38. The van der Waals surface area contributed by atoms with Crippen LogP contribution >= 0.6 is 11.8 Å². The third kappa shape index (κ3) is 9.11. The highest BCUT2D eigenvalue weighted by atomic mass is 32.2. The van der Waals surface area contributed by atoms with E-state index in [9.17, 15) is 39.9 Å². The summed E-state index contributed by atoms with van der Waals surface area (Å²) < 4.78 is 23.5. The van der Waals surface area contributed by atoms with Gasteiger partial charge in [0.1, 0.15) is 29.0 Å². The molecule has 16 nitrogen and oxygen atoms in total. The van der Waals surface area contributed by atoms with Gasteiger partial charge in [-0.2, -0.15) is 0 Å². The molecule has 0 unspecified atom stereocenters. The van der Waals surface area contributed by atoms with Gasteiger partial charge in [-0.3, -0.25) is 19.4 Å². The topological polar surface area (TPSA) is 266 Å². The second kappa shape index (κ2) is 18.1. The van der Waals surface area contributed by atoms with Crippen LogP contribution in [0, 0.1) is 30.6 Å². The number of esters is 1. The number of fused-ring (bicyclic) bond motifs is 14. The Morgan fingerprint density at radius 1 is 0.982 bits per heavy atom. The molecule has 0 aromatic heterocycles. The molecule has 2 aromatic rings. The van der Waals surface area contributed by atoms with Gasteiger partial charge in [0.2, 0.25) is 0 Å². The Bertz CT molecular complexity index is 2010. The van der Waals surface area contributed by atoms with E-state index in [4.69, 9.17) is 30.4 Å². The molecule has 5 rings (SSSR count). The van der Waals surface area contributed by atoms with Crippen LogP contribution in [0.3, 0.4) is 0 Å². The van der Waals surface area contributed by atoms with Crippen LogP contribution in [-0.2, 0) is 23.8 Å². The zero-order chi connectivity index (χ0) is 42.7. The number of hydrogen-bond acceptors (Lipinski definition) is 14. The summed E-state index contributed by atoms with van der Waals surface area (Å²) in [5.41, 5.74) is 10.7. The third-order valence-corrected chi connectivity index (χ3v) is 11.7. The van der Waals surface area contributed by atoms with E-state index in [-0.39, 0.29) is 62.1 Å². The molecule has 3 heterocycles. The van der Waals surface area contributed by atoms with E-state index < -0.39 is 88.8 Å². The van der Waals surface area contributed by atoms with E-state index in [1.54, 1.807) is 39.8 Å². The Hall–Kier alpha value is -4.97. The molecule has 1 amide bonds. The quantitative estimate of drug-likeness (QED) is 0.0388. The number of phenolic OH excluding ortho intramolecular Hbond substituents is 3. The molecule has 0 spiro atoms. The van der Waals surface area contributed by atoms with Gasteiger partial charge in [0, 0.05) is 66.9 Å². The first-order valence-electron chi connectivity index (χ1n) is 18.4. The first-order chi connectivity index (χ1) is 26.7. The summed E-state index contributed by atoms with van der Waals surface area (Å²) in [6.07, 6.45) is 3.46. The fraction of sp³-hybridized carbons (Fsp3) is 0.500. The summed E-state index contributed by atoms with van der Waals surface area (Å²) in [7, 11) is 1.43. The van der Waals surface area contributed by atoms with Crippen LogP contribution in [0.25, 0.3) is 10.8 Å². The number of aliphatic hydroxyl groups is 2. The smallest absolute Gasteiger partial charge is 0.312 e. The van der Waals surface area contributed by atoms with Crippen LogP contribution in [0.2, 0.25) is 0 Å². The van der Waals surface area contributed by atoms with Gasteiger partial charge in [0.15, 0.2) is 11.7 Å². The lowest BCUT2D eigenvalue weighted by molar-refractivity contribution is -0.160. The molecule has 0 radical (unpaired) electrons. The van der Waals surface area contributed by atoms with Crippen LogP contribution in [0.15, 0.2) is 46.0 Å². The first-order valence-corrected chi connectivity index (χ1v) is 19.4. The highest BCUT2D eigenvalue weighted by Crippen LogP contribution is 2.57. The van der Waals surface area contributed by atoms with E-state index >= 15 is 0 Å². The number of nitrogens with zero attached hydrogens (tertiary/aromatic N) is 1. The van der Waals surface area contributed by atoms with Gasteiger partial charge in [-0.25, -0.2) is 0 Å². The van der Waals surface area contributed by atoms with Gasteiger partial charge in [0.25, 0.3) is 11.7 Å². The van der Waals surface area contributed by atoms with Crippen molar-refractivity contribution in [2.45, 2.75) is 90.5 Å². The number of hydrogen-bond donors (Lipinski definition) is 8. The van der Waals surface area contributed by atoms with Crippen LogP contribution in [0.4, 0.5) is 5.69 Å². The predicted molar refractivity (Wildman–Crippen MR) is 215 cm³/mol. The number of carbonyl (C=O) groups excluding carboxylic acids is 3. The van der Waals surface area contributed by atoms with E-state index in [0.29, 0.717) is 0 Å². The number of phenols is 3. The molecule has 0 saturated heterocycles. The van der Waals surface area contributed by atoms with Gasteiger partial charge in [-0.05, 0) is 19.9 Å². The van der Waals surface area contributed by atoms with Crippen LogP contribution in [-0.4, -0.2) is 98.8 Å². The van der Waals surface area contributed by atoms with Crippen molar-refractivity contribution in [2.75, 3.05) is 24.7 Å². The summed E-state index contributed by atoms with van der Waals surface area (Å²) in [6.45, 7) is 12.5. The maximum absolute atomic E-state index is 14.3. The summed E-state index contributed by atoms with van der Waals surface area (Å²) in [5.74, 6) is -8.46. The average molecular weight is 815 g/mol. The maximum Gasteiger partial charge on any atom is 0.312 e. The number of thioether (sulfide) groups is 1. The van der Waals surface area contributed by atoms with Gasteiger partial charge in [-0.1, -0.05) is 45.9 Å². The number of ketones is 1. The van der Waals surface area contributed by atoms with Crippen LogP contribution in [0.1, 0.15) is 64.4 Å². The van der Waals surface area contributed by atoms with Crippen molar-refractivity contribution in [3.63, 3.8) is 0 Å². The van der Waals surface area contributed by atoms with Gasteiger partial charge in [0.05, 0.1) is 47.0 Å². The number of aliphatic imine (C=N–C) groups is 1. The number of Topliss-reactive ketones (excluding diaryl/α,β-unsaturated/α-hetero) is 1. The second-order valence-electron chi connectivity index (χ2n) is 14.7. The molecule has 5 bridgehead atoms. The van der Waals surface area contributed by atoms with E-state index in [1.165, 1.54) is 53.2 Å². The molecular formula is C40H54N4O12S. The summed E-state index contributed by atoms with van der Waals surface area (Å²) in [5, 5.41) is 60.0. The number of methoxy groups -OCH3 is 1. The first kappa shape index (κ1) is 44.7. The highest BCUT2D eigenvalue weighted by molar-refractivity contribution is 7.99. The standard InChI is InChI=1S/C40H54N4O12S/c1-17-11-10-12-18(2)38(52)44-28-32(49)26-25(33(50)36(28)57-16-14-43-39(41)42)27-35(22(6)31(26)48)56-40(8,37(27)51)54-15-13-24(53-9)19(3)34(55-23(7)45)21(5)30(47)20(4)29(17)46/h10-13,15,17,19-21,24,29-30,34,46-50H,14,16H2,1-9H3,(H,44,52)(H4,41,42,43)/b11-10+,15-13+,18-12-/t17-,19+,20+,21+,24-,29-,30+,34+,40-/m0/s1. The van der Waals surface area contributed by atoms with Crippen LogP contribution in [0.5, 0.6) is 23.0 Å². The number of benzene rings is 2. The molecule has 3 aliphatic rings. The number of aliphatic hydroxyl groups excluding tert-OH is 2. The Labute approximate surface area is 335 Å². The Balaban J connectivity index is 1.95. The van der Waals surface area contributed by atoms with E-state index in [0.717, 1.165) is 11.8 Å². The minimum Gasteiger partial charge on any atom is -0.507 e. The van der Waals surface area contributed by atoms with E-state index in [1.807, 2.05) is 0 Å². The predicted octanol–water partition coefficient (Wildman–Crippen LogP) is 4.12. The Kier molecular flexibility index (Phi) is 14.2. The lowest BCUT2D eigenvalue weighted by Crippen LogP contribution is -2.46. The molecule has 0 aliphatic carbocycles. The summed E-state index contributed by atoms with van der Waals surface area (Å²) in [6, 6.07) is 0. The number of carbonyl (C=O) groups is 3. The van der Waals surface area contributed by atoms with Crippen molar-refractivity contribution in [2.24, 2.45) is 40.1 Å². The second-order valence-corrected chi connectivity index (χ2v) is 15.8. The SMILES string of the molecule is CO[C@H]1/C=C/O[C@@]2(C)Oc3c(C)c(O)c4c(O)c(c(SCCN=C(N)N)c(O)c4c3C2=O)NC(=O)/C(C)=C\C=C\[C@H](C)[C@H](O)[C@@H](C)[C@@H](O)[C@@H](C)[C@H](OC(C)=O)[C@@H]1C. The van der Waals surface area contributed by atoms with Gasteiger partial charge < -0.3 is 61.3 Å². The number of aromatic hydroxyl groups is 3. The normalized spacial score (nSPS) is 30.5. The van der Waals surface area contributed by atoms with Crippen molar-refractivity contribution >= 4 is 51.8 Å². The van der Waals surface area contributed by atoms with Gasteiger partial charge in [-0.15, -0.1) is 11.8 Å². The molecule has 3 aliphatic heterocycles. The zero-order valence-electron chi connectivity index (χ0n) is 33.5. The fourth-order valence-electron chi connectivity index (χ4n) is 7.16. The molecule has 9 atom stereocenters. The number of allylic oxidation sites excluding steroid dienone is 2. The molecular weight excluding hydrogens is 761 g/mol. The lowest BCUT2D eigenvalue weighted by atomic mass is 9.78. The van der Waals surface area contributed by atoms with Crippen LogP contribution < -0.4 is 21.5 Å². The summed E-state index contributed by atoms with van der Waals surface area (Å²) >= 11 is 0.970. The minimum absolute atomic E-state index is 0.0414. The number of amides is 1. The third-order valence-electron chi connectivity index (χ3n) is 10.6. The number of rotatable bonds is 6. The Morgan fingerprint density at radius 3 is 2.26 bits per heavy atom. The molecule has 0 saturated carbocycles. The number of ether oxygens (including phenoxy) is 4. The maximum atomic E-state index is 14.3. The van der Waals surface area contributed by atoms with Crippen molar-refractivity contribution in [1.29, 1.82) is 0 Å². The van der Waals surface area contributed by atoms with Gasteiger partial charge >= 0.3 is 11.8 Å².